The summed E-state index contributed by atoms with van der Waals surface area (Å²) in [5.41, 5.74) is 0.0209. The van der Waals surface area contributed by atoms with E-state index < -0.39 is 17.7 Å². The first kappa shape index (κ1) is 12.6. The van der Waals surface area contributed by atoms with Crippen molar-refractivity contribution in [1.82, 2.24) is 9.97 Å². The van der Waals surface area contributed by atoms with Crippen LogP contribution in [0, 0.1) is 5.82 Å². The summed E-state index contributed by atoms with van der Waals surface area (Å²) in [6.45, 7) is 0. The van der Waals surface area contributed by atoms with E-state index in [1.807, 2.05) is 0 Å². The van der Waals surface area contributed by atoms with Crippen LogP contribution in [0.4, 0.5) is 10.2 Å². The number of aromatic nitrogens is 2. The third kappa shape index (κ3) is 3.09. The van der Waals surface area contributed by atoms with Gasteiger partial charge >= 0.3 is 5.97 Å². The number of halogens is 1. The molecule has 1 amide bonds. The van der Waals surface area contributed by atoms with Gasteiger partial charge in [0.05, 0.1) is 11.8 Å². The summed E-state index contributed by atoms with van der Waals surface area (Å²) in [6.07, 6.45) is 2.11. The third-order valence-corrected chi connectivity index (χ3v) is 2.21. The number of hydrogen-bond acceptors (Lipinski definition) is 4. The number of carboxylic acids is 1. The van der Waals surface area contributed by atoms with Gasteiger partial charge in [-0.2, -0.15) is 0 Å². The molecular formula is C12H8FN3O3. The van der Waals surface area contributed by atoms with Gasteiger partial charge in [0.25, 0.3) is 5.91 Å². The average Bonchev–Trinajstić information content (AvgIpc) is 2.41. The van der Waals surface area contributed by atoms with E-state index in [9.17, 15) is 14.0 Å². The predicted octanol–water partition coefficient (Wildman–Crippen LogP) is 1.57. The van der Waals surface area contributed by atoms with Gasteiger partial charge in [0.15, 0.2) is 0 Å². The fraction of sp³-hybridized carbons (Fsp3) is 0. The molecule has 2 aromatic heterocycles. The number of rotatable bonds is 3. The molecule has 2 rings (SSSR count). The van der Waals surface area contributed by atoms with E-state index in [-0.39, 0.29) is 17.1 Å². The first-order valence-electron chi connectivity index (χ1n) is 5.18. The van der Waals surface area contributed by atoms with E-state index in [1.54, 1.807) is 0 Å². The second kappa shape index (κ2) is 5.21. The van der Waals surface area contributed by atoms with Gasteiger partial charge in [-0.25, -0.2) is 19.2 Å². The van der Waals surface area contributed by atoms with Gasteiger partial charge in [-0.05, 0) is 24.3 Å². The smallest absolute Gasteiger partial charge is 0.354 e. The van der Waals surface area contributed by atoms with Crippen molar-refractivity contribution in [3.63, 3.8) is 0 Å². The minimum absolute atomic E-state index is 0.156. The summed E-state index contributed by atoms with van der Waals surface area (Å²) in [5, 5.41) is 11.1. The number of nitrogens with one attached hydrogen (secondary N) is 1. The standard InChI is InChI=1S/C12H8FN3O3/c13-8-2-4-10(15-6-8)16-11(17)7-1-3-9(12(18)19)14-5-7/h1-6H,(H,18,19)(H,15,16,17). The molecule has 19 heavy (non-hydrogen) atoms. The van der Waals surface area contributed by atoms with E-state index in [2.05, 4.69) is 15.3 Å². The largest absolute Gasteiger partial charge is 0.477 e. The first-order valence-corrected chi connectivity index (χ1v) is 5.18. The van der Waals surface area contributed by atoms with Crippen LogP contribution in [0.3, 0.4) is 0 Å². The zero-order chi connectivity index (χ0) is 13.8. The molecule has 0 radical (unpaired) electrons. The molecule has 0 aromatic carbocycles. The van der Waals surface area contributed by atoms with Crippen LogP contribution in [0.5, 0.6) is 0 Å². The number of amides is 1. The Hall–Kier alpha value is -2.83. The highest BCUT2D eigenvalue weighted by Gasteiger charge is 2.09. The van der Waals surface area contributed by atoms with Crippen molar-refractivity contribution in [2.75, 3.05) is 5.32 Å². The van der Waals surface area contributed by atoms with Gasteiger partial charge in [0.2, 0.25) is 0 Å². The molecule has 2 heterocycles. The molecule has 2 aromatic rings. The zero-order valence-electron chi connectivity index (χ0n) is 9.50. The fourth-order valence-electron chi connectivity index (χ4n) is 1.29. The lowest BCUT2D eigenvalue weighted by atomic mass is 10.2. The Morgan fingerprint density at radius 3 is 2.42 bits per heavy atom. The molecule has 0 spiro atoms. The number of carbonyl (C=O) groups is 2. The van der Waals surface area contributed by atoms with Crippen LogP contribution < -0.4 is 5.32 Å². The topological polar surface area (TPSA) is 92.2 Å². The lowest BCUT2D eigenvalue weighted by molar-refractivity contribution is 0.0690. The average molecular weight is 261 g/mol. The summed E-state index contributed by atoms with van der Waals surface area (Å²) in [6, 6.07) is 5.02. The van der Waals surface area contributed by atoms with Crippen LogP contribution in [0.1, 0.15) is 20.8 Å². The lowest BCUT2D eigenvalue weighted by Crippen LogP contribution is -2.14. The first-order chi connectivity index (χ1) is 9.06. The maximum atomic E-state index is 12.6. The maximum Gasteiger partial charge on any atom is 0.354 e. The molecule has 0 aliphatic heterocycles. The minimum Gasteiger partial charge on any atom is -0.477 e. The Morgan fingerprint density at radius 2 is 1.89 bits per heavy atom. The Bertz CT molecular complexity index is 611. The second-order valence-corrected chi connectivity index (χ2v) is 3.55. The summed E-state index contributed by atoms with van der Waals surface area (Å²) in [5.74, 6) is -2.00. The van der Waals surface area contributed by atoms with Gasteiger partial charge in [0, 0.05) is 6.20 Å². The van der Waals surface area contributed by atoms with Crippen molar-refractivity contribution in [1.29, 1.82) is 0 Å². The Morgan fingerprint density at radius 1 is 1.11 bits per heavy atom. The quantitative estimate of drug-likeness (QED) is 0.874. The number of aromatic carboxylic acids is 1. The number of nitrogens with zero attached hydrogens (tertiary/aromatic N) is 2. The van der Waals surface area contributed by atoms with Crippen molar-refractivity contribution in [2.45, 2.75) is 0 Å². The van der Waals surface area contributed by atoms with Crippen molar-refractivity contribution >= 4 is 17.7 Å². The van der Waals surface area contributed by atoms with Crippen LogP contribution in [0.25, 0.3) is 0 Å². The van der Waals surface area contributed by atoms with Crippen molar-refractivity contribution in [3.8, 4) is 0 Å². The van der Waals surface area contributed by atoms with Crippen LogP contribution in [-0.4, -0.2) is 27.0 Å². The van der Waals surface area contributed by atoms with Crippen LogP contribution in [0.2, 0.25) is 0 Å². The van der Waals surface area contributed by atoms with Crippen molar-refractivity contribution in [2.24, 2.45) is 0 Å². The van der Waals surface area contributed by atoms with Gasteiger partial charge in [-0.15, -0.1) is 0 Å². The van der Waals surface area contributed by atoms with Gasteiger partial charge in [-0.1, -0.05) is 0 Å². The third-order valence-electron chi connectivity index (χ3n) is 2.21. The summed E-state index contributed by atoms with van der Waals surface area (Å²) >= 11 is 0. The number of carbonyl (C=O) groups excluding carboxylic acids is 1. The SMILES string of the molecule is O=C(Nc1ccc(F)cn1)c1ccc(C(=O)O)nc1. The van der Waals surface area contributed by atoms with E-state index in [0.29, 0.717) is 0 Å². The molecule has 0 bridgehead atoms. The minimum atomic E-state index is -1.17. The monoisotopic (exact) mass is 261 g/mol. The van der Waals surface area contributed by atoms with E-state index in [1.165, 1.54) is 18.2 Å². The van der Waals surface area contributed by atoms with Crippen LogP contribution in [0.15, 0.2) is 36.7 Å². The molecule has 0 aliphatic rings. The molecule has 0 saturated carbocycles. The molecule has 96 valence electrons. The van der Waals surface area contributed by atoms with E-state index in [4.69, 9.17) is 5.11 Å². The number of carboxylic acid groups (broad SMARTS) is 1. The molecule has 0 fully saturated rings. The highest BCUT2D eigenvalue weighted by Crippen LogP contribution is 2.07. The maximum absolute atomic E-state index is 12.6. The normalized spacial score (nSPS) is 9.95. The lowest BCUT2D eigenvalue weighted by Gasteiger charge is -2.04. The molecule has 2 N–H and O–H groups in total. The van der Waals surface area contributed by atoms with Crippen molar-refractivity contribution < 1.29 is 19.1 Å². The molecule has 7 heteroatoms. The highest BCUT2D eigenvalue weighted by atomic mass is 19.1. The molecular weight excluding hydrogens is 253 g/mol. The number of pyridine rings is 2. The predicted molar refractivity (Wildman–Crippen MR) is 63.3 cm³/mol. The Balaban J connectivity index is 2.11. The second-order valence-electron chi connectivity index (χ2n) is 3.55. The van der Waals surface area contributed by atoms with Crippen LogP contribution in [-0.2, 0) is 0 Å². The summed E-state index contributed by atoms with van der Waals surface area (Å²) in [4.78, 5) is 29.6. The van der Waals surface area contributed by atoms with Gasteiger partial charge in [0.1, 0.15) is 17.3 Å². The molecule has 6 nitrogen and oxygen atoms in total. The Kier molecular flexibility index (Phi) is 3.46. The molecule has 0 saturated heterocycles. The van der Waals surface area contributed by atoms with Gasteiger partial charge in [-0.3, -0.25) is 4.79 Å². The molecule has 0 aliphatic carbocycles. The summed E-state index contributed by atoms with van der Waals surface area (Å²) < 4.78 is 12.6. The number of anilines is 1. The van der Waals surface area contributed by atoms with Crippen molar-refractivity contribution in [3.05, 3.63) is 53.7 Å². The number of hydrogen-bond donors (Lipinski definition) is 2. The fourth-order valence-corrected chi connectivity index (χ4v) is 1.29. The summed E-state index contributed by atoms with van der Waals surface area (Å²) in [7, 11) is 0. The van der Waals surface area contributed by atoms with E-state index in [0.717, 1.165) is 18.5 Å². The Labute approximate surface area is 106 Å². The molecule has 0 unspecified atom stereocenters. The highest BCUT2D eigenvalue weighted by molar-refractivity contribution is 6.03. The van der Waals surface area contributed by atoms with E-state index >= 15 is 0 Å². The molecule has 0 atom stereocenters. The van der Waals surface area contributed by atoms with Gasteiger partial charge < -0.3 is 10.4 Å². The van der Waals surface area contributed by atoms with Crippen LogP contribution >= 0.6 is 0 Å². The zero-order valence-corrected chi connectivity index (χ0v) is 9.50.